The summed E-state index contributed by atoms with van der Waals surface area (Å²) in [6.07, 6.45) is 3.44. The molecule has 1 heterocycles. The van der Waals surface area contributed by atoms with Gasteiger partial charge < -0.3 is 25.8 Å². The second-order valence-electron chi connectivity index (χ2n) is 5.39. The Kier molecular flexibility index (Phi) is 6.74. The highest BCUT2D eigenvalue weighted by atomic mass is 16.5. The summed E-state index contributed by atoms with van der Waals surface area (Å²) in [7, 11) is 1.65. The SMILES string of the molecule is COCCC[C@@]1(CO)CCCN(C(=O)CNC(N)=O)C1. The van der Waals surface area contributed by atoms with Gasteiger partial charge in [0, 0.05) is 32.2 Å². The van der Waals surface area contributed by atoms with Crippen LogP contribution in [0.3, 0.4) is 0 Å². The third-order valence-corrected chi connectivity index (χ3v) is 3.82. The van der Waals surface area contributed by atoms with Crippen molar-refractivity contribution in [2.75, 3.05) is 40.0 Å². The molecule has 1 atom stereocenters. The number of hydrogen-bond donors (Lipinski definition) is 3. The van der Waals surface area contributed by atoms with Gasteiger partial charge in [-0.15, -0.1) is 0 Å². The third kappa shape index (κ3) is 4.97. The molecule has 1 rings (SSSR count). The molecular formula is C13H25N3O4. The molecule has 0 bridgehead atoms. The summed E-state index contributed by atoms with van der Waals surface area (Å²) in [4.78, 5) is 24.3. The maximum absolute atomic E-state index is 12.0. The lowest BCUT2D eigenvalue weighted by atomic mass is 9.77. The molecule has 7 nitrogen and oxygen atoms in total. The maximum Gasteiger partial charge on any atom is 0.312 e. The van der Waals surface area contributed by atoms with E-state index in [-0.39, 0.29) is 24.5 Å². The van der Waals surface area contributed by atoms with Crippen molar-refractivity contribution in [3.8, 4) is 0 Å². The Hall–Kier alpha value is -1.34. The Balaban J connectivity index is 2.53. The number of urea groups is 1. The van der Waals surface area contributed by atoms with Crippen LogP contribution in [0, 0.1) is 5.41 Å². The van der Waals surface area contributed by atoms with Gasteiger partial charge in [0.2, 0.25) is 5.91 Å². The first-order chi connectivity index (χ1) is 9.53. The molecule has 1 aliphatic rings. The molecule has 1 aliphatic heterocycles. The van der Waals surface area contributed by atoms with Gasteiger partial charge in [0.1, 0.15) is 0 Å². The van der Waals surface area contributed by atoms with Gasteiger partial charge in [0.15, 0.2) is 0 Å². The van der Waals surface area contributed by atoms with Gasteiger partial charge in [-0.05, 0) is 25.7 Å². The zero-order chi connectivity index (χ0) is 15.0. The summed E-state index contributed by atoms with van der Waals surface area (Å²) in [5.74, 6) is -0.159. The predicted molar refractivity (Wildman–Crippen MR) is 74.0 cm³/mol. The van der Waals surface area contributed by atoms with Crippen molar-refractivity contribution >= 4 is 11.9 Å². The lowest BCUT2D eigenvalue weighted by Gasteiger charge is -2.42. The highest BCUT2D eigenvalue weighted by Gasteiger charge is 2.36. The van der Waals surface area contributed by atoms with Gasteiger partial charge in [0.25, 0.3) is 0 Å². The number of likely N-dealkylation sites (tertiary alicyclic amines) is 1. The Morgan fingerprint density at radius 2 is 2.25 bits per heavy atom. The van der Waals surface area contributed by atoms with E-state index in [1.165, 1.54) is 0 Å². The van der Waals surface area contributed by atoms with Crippen molar-refractivity contribution in [3.05, 3.63) is 0 Å². The van der Waals surface area contributed by atoms with Crippen LogP contribution in [0.4, 0.5) is 4.79 Å². The number of nitrogens with zero attached hydrogens (tertiary/aromatic N) is 1. The molecule has 1 saturated heterocycles. The number of primary amides is 1. The van der Waals surface area contributed by atoms with E-state index in [9.17, 15) is 14.7 Å². The number of rotatable bonds is 7. The Bertz CT molecular complexity index is 338. The Labute approximate surface area is 119 Å². The highest BCUT2D eigenvalue weighted by molar-refractivity contribution is 5.83. The average molecular weight is 287 g/mol. The van der Waals surface area contributed by atoms with Crippen molar-refractivity contribution in [2.45, 2.75) is 25.7 Å². The van der Waals surface area contributed by atoms with Gasteiger partial charge in [-0.2, -0.15) is 0 Å². The summed E-state index contributed by atoms with van der Waals surface area (Å²) in [6, 6.07) is -0.705. The monoisotopic (exact) mass is 287 g/mol. The van der Waals surface area contributed by atoms with Crippen LogP contribution in [-0.4, -0.2) is 61.9 Å². The number of amides is 3. The van der Waals surface area contributed by atoms with Gasteiger partial charge in [0.05, 0.1) is 13.2 Å². The van der Waals surface area contributed by atoms with E-state index in [0.29, 0.717) is 19.7 Å². The van der Waals surface area contributed by atoms with Gasteiger partial charge in [-0.3, -0.25) is 4.79 Å². The third-order valence-electron chi connectivity index (χ3n) is 3.82. The molecule has 4 N–H and O–H groups in total. The predicted octanol–water partition coefficient (Wildman–Crippen LogP) is -0.318. The van der Waals surface area contributed by atoms with E-state index < -0.39 is 6.03 Å². The number of nitrogens with two attached hydrogens (primary N) is 1. The number of piperidine rings is 1. The van der Waals surface area contributed by atoms with Crippen molar-refractivity contribution in [1.29, 1.82) is 0 Å². The van der Waals surface area contributed by atoms with Crippen molar-refractivity contribution in [3.63, 3.8) is 0 Å². The molecule has 0 aliphatic carbocycles. The number of carbonyl (C=O) groups is 2. The van der Waals surface area contributed by atoms with Gasteiger partial charge in [-0.1, -0.05) is 0 Å². The summed E-state index contributed by atoms with van der Waals surface area (Å²) in [5, 5.41) is 12.0. The molecule has 0 unspecified atom stereocenters. The first-order valence-corrected chi connectivity index (χ1v) is 6.94. The number of hydrogen-bond acceptors (Lipinski definition) is 4. The van der Waals surface area contributed by atoms with Crippen LogP contribution in [0.15, 0.2) is 0 Å². The lowest BCUT2D eigenvalue weighted by molar-refractivity contribution is -0.134. The largest absolute Gasteiger partial charge is 0.396 e. The van der Waals surface area contributed by atoms with Crippen molar-refractivity contribution in [2.24, 2.45) is 11.1 Å². The van der Waals surface area contributed by atoms with Crippen molar-refractivity contribution in [1.82, 2.24) is 10.2 Å². The van der Waals surface area contributed by atoms with Crippen LogP contribution in [-0.2, 0) is 9.53 Å². The molecule has 7 heteroatoms. The van der Waals surface area contributed by atoms with E-state index in [1.54, 1.807) is 12.0 Å². The van der Waals surface area contributed by atoms with E-state index in [1.807, 2.05) is 0 Å². The number of aliphatic hydroxyl groups excluding tert-OH is 1. The number of methoxy groups -OCH3 is 1. The smallest absolute Gasteiger partial charge is 0.312 e. The number of carbonyl (C=O) groups excluding carboxylic acids is 2. The minimum Gasteiger partial charge on any atom is -0.396 e. The second kappa shape index (κ2) is 8.06. The fraction of sp³-hybridized carbons (Fsp3) is 0.846. The van der Waals surface area contributed by atoms with Crippen LogP contribution in [0.5, 0.6) is 0 Å². The standard InChI is InChI=1S/C13H25N3O4/c1-20-7-3-5-13(10-17)4-2-6-16(9-13)11(18)8-15-12(14)19/h17H,2-10H2,1H3,(H3,14,15,19)/t13-/m0/s1. The molecule has 3 amide bonds. The molecule has 1 fully saturated rings. The summed E-state index contributed by atoms with van der Waals surface area (Å²) in [6.45, 7) is 1.80. The van der Waals surface area contributed by atoms with Crippen LogP contribution in [0.2, 0.25) is 0 Å². The molecule has 0 saturated carbocycles. The van der Waals surface area contributed by atoms with Gasteiger partial charge in [-0.25, -0.2) is 4.79 Å². The van der Waals surface area contributed by atoms with E-state index in [0.717, 1.165) is 25.7 Å². The van der Waals surface area contributed by atoms with Crippen molar-refractivity contribution < 1.29 is 19.4 Å². The lowest BCUT2D eigenvalue weighted by Crippen LogP contribution is -2.51. The van der Waals surface area contributed by atoms with Crippen LogP contribution >= 0.6 is 0 Å². The molecule has 20 heavy (non-hydrogen) atoms. The summed E-state index contributed by atoms with van der Waals surface area (Å²) in [5.41, 5.74) is 4.71. The van der Waals surface area contributed by atoms with E-state index in [2.05, 4.69) is 5.32 Å². The zero-order valence-electron chi connectivity index (χ0n) is 12.1. The second-order valence-corrected chi connectivity index (χ2v) is 5.39. The Morgan fingerprint density at radius 1 is 1.50 bits per heavy atom. The minimum atomic E-state index is -0.705. The van der Waals surface area contributed by atoms with Crippen LogP contribution < -0.4 is 11.1 Å². The van der Waals surface area contributed by atoms with E-state index in [4.69, 9.17) is 10.5 Å². The molecule has 0 aromatic rings. The summed E-state index contributed by atoms with van der Waals surface area (Å²) < 4.78 is 5.04. The van der Waals surface area contributed by atoms with Gasteiger partial charge >= 0.3 is 6.03 Å². The summed E-state index contributed by atoms with van der Waals surface area (Å²) >= 11 is 0. The van der Waals surface area contributed by atoms with Crippen LogP contribution in [0.25, 0.3) is 0 Å². The first-order valence-electron chi connectivity index (χ1n) is 6.94. The molecule has 116 valence electrons. The maximum atomic E-state index is 12.0. The quantitative estimate of drug-likeness (QED) is 0.558. The topological polar surface area (TPSA) is 105 Å². The molecule has 0 aromatic heterocycles. The Morgan fingerprint density at radius 3 is 2.85 bits per heavy atom. The first kappa shape index (κ1) is 16.7. The molecule has 0 spiro atoms. The normalized spacial score (nSPS) is 22.6. The number of aliphatic hydroxyl groups is 1. The van der Waals surface area contributed by atoms with E-state index >= 15 is 0 Å². The van der Waals surface area contributed by atoms with Crippen LogP contribution in [0.1, 0.15) is 25.7 Å². The molecular weight excluding hydrogens is 262 g/mol. The minimum absolute atomic E-state index is 0.0593. The number of nitrogens with one attached hydrogen (secondary N) is 1. The fourth-order valence-corrected chi connectivity index (χ4v) is 2.70. The average Bonchev–Trinajstić information content (AvgIpc) is 2.45. The zero-order valence-corrected chi connectivity index (χ0v) is 12.1. The molecule has 0 radical (unpaired) electrons. The highest BCUT2D eigenvalue weighted by Crippen LogP contribution is 2.34. The number of ether oxygens (including phenoxy) is 1. The molecule has 0 aromatic carbocycles. The fourth-order valence-electron chi connectivity index (χ4n) is 2.70.